The van der Waals surface area contributed by atoms with E-state index in [2.05, 4.69) is 17.9 Å². The Bertz CT molecular complexity index is 629. The van der Waals surface area contributed by atoms with Gasteiger partial charge in [-0.1, -0.05) is 6.07 Å². The van der Waals surface area contributed by atoms with Gasteiger partial charge in [0, 0.05) is 24.0 Å². The first-order valence-electron chi connectivity index (χ1n) is 6.23. The van der Waals surface area contributed by atoms with Crippen LogP contribution >= 0.6 is 0 Å². The fourth-order valence-electron chi connectivity index (χ4n) is 2.12. The molecule has 0 spiro atoms. The van der Waals surface area contributed by atoms with Crippen LogP contribution in [0.25, 0.3) is 0 Å². The van der Waals surface area contributed by atoms with Gasteiger partial charge in [-0.3, -0.25) is 0 Å². The molecule has 0 fully saturated rings. The molecule has 0 aliphatic heterocycles. The van der Waals surface area contributed by atoms with Gasteiger partial charge in [0.25, 0.3) is 0 Å². The van der Waals surface area contributed by atoms with Crippen molar-refractivity contribution in [1.29, 1.82) is 5.26 Å². The molecule has 0 saturated carbocycles. The Morgan fingerprint density at radius 2 is 1.89 bits per heavy atom. The van der Waals surface area contributed by atoms with Gasteiger partial charge >= 0.3 is 0 Å². The molecule has 0 aliphatic carbocycles. The van der Waals surface area contributed by atoms with Crippen LogP contribution < -0.4 is 4.90 Å². The van der Waals surface area contributed by atoms with Crippen molar-refractivity contribution in [3.63, 3.8) is 0 Å². The van der Waals surface area contributed by atoms with Crippen LogP contribution in [0, 0.1) is 18.3 Å². The molecular weight excluding hydrogens is 236 g/mol. The Kier molecular flexibility index (Phi) is 3.72. The summed E-state index contributed by atoms with van der Waals surface area (Å²) in [7, 11) is 0. The van der Waals surface area contributed by atoms with Crippen LogP contribution in [0.3, 0.4) is 0 Å². The van der Waals surface area contributed by atoms with Gasteiger partial charge in [0.05, 0.1) is 11.6 Å². The normalized spacial score (nSPS) is 9.95. The molecule has 1 N–H and O–H groups in total. The van der Waals surface area contributed by atoms with E-state index < -0.39 is 0 Å². The maximum absolute atomic E-state index is 9.57. The maximum atomic E-state index is 9.57. The van der Waals surface area contributed by atoms with Crippen LogP contribution in [0.4, 0.5) is 11.4 Å². The van der Waals surface area contributed by atoms with Crippen molar-refractivity contribution >= 4 is 11.4 Å². The highest BCUT2D eigenvalue weighted by molar-refractivity contribution is 5.66. The zero-order chi connectivity index (χ0) is 13.8. The lowest BCUT2D eigenvalue weighted by molar-refractivity contribution is 0.475. The van der Waals surface area contributed by atoms with Crippen molar-refractivity contribution < 1.29 is 5.11 Å². The molecule has 3 nitrogen and oxygen atoms in total. The summed E-state index contributed by atoms with van der Waals surface area (Å²) in [6, 6.07) is 15.1. The highest BCUT2D eigenvalue weighted by Crippen LogP contribution is 2.28. The number of phenols is 1. The number of nitrogens with zero attached hydrogens (tertiary/aromatic N) is 2. The Morgan fingerprint density at radius 3 is 2.47 bits per heavy atom. The standard InChI is InChI=1S/C16H16N2O/c1-3-18(14-5-4-6-16(19)10-14)15-8-7-13(11-17)12(2)9-15/h4-10,19H,3H2,1-2H3. The lowest BCUT2D eigenvalue weighted by Gasteiger charge is -2.24. The average Bonchev–Trinajstić information content (AvgIpc) is 2.40. The summed E-state index contributed by atoms with van der Waals surface area (Å²) in [5.41, 5.74) is 3.60. The molecule has 0 saturated heterocycles. The first-order chi connectivity index (χ1) is 9.15. The van der Waals surface area contributed by atoms with E-state index in [4.69, 9.17) is 5.26 Å². The quantitative estimate of drug-likeness (QED) is 0.905. The van der Waals surface area contributed by atoms with Crippen molar-refractivity contribution in [2.45, 2.75) is 13.8 Å². The summed E-state index contributed by atoms with van der Waals surface area (Å²) in [6.07, 6.45) is 0. The molecule has 96 valence electrons. The van der Waals surface area contributed by atoms with Gasteiger partial charge < -0.3 is 10.0 Å². The molecule has 2 aromatic carbocycles. The van der Waals surface area contributed by atoms with E-state index in [1.165, 1.54) is 0 Å². The molecule has 2 rings (SSSR count). The lowest BCUT2D eigenvalue weighted by atomic mass is 10.1. The molecule has 0 bridgehead atoms. The van der Waals surface area contributed by atoms with Gasteiger partial charge in [-0.2, -0.15) is 5.26 Å². The zero-order valence-electron chi connectivity index (χ0n) is 11.1. The van der Waals surface area contributed by atoms with Gasteiger partial charge in [-0.25, -0.2) is 0 Å². The summed E-state index contributed by atoms with van der Waals surface area (Å²) >= 11 is 0. The monoisotopic (exact) mass is 252 g/mol. The van der Waals surface area contributed by atoms with Gasteiger partial charge in [0.1, 0.15) is 5.75 Å². The summed E-state index contributed by atoms with van der Waals surface area (Å²) in [4.78, 5) is 2.09. The second-order valence-corrected chi connectivity index (χ2v) is 4.38. The van der Waals surface area contributed by atoms with Crippen LogP contribution in [-0.2, 0) is 0 Å². The molecule has 0 aromatic heterocycles. The van der Waals surface area contributed by atoms with Crippen molar-refractivity contribution in [3.05, 3.63) is 53.6 Å². The molecule has 0 unspecified atom stereocenters. The van der Waals surface area contributed by atoms with Crippen LogP contribution in [-0.4, -0.2) is 11.7 Å². The van der Waals surface area contributed by atoms with Crippen molar-refractivity contribution in [1.82, 2.24) is 0 Å². The van der Waals surface area contributed by atoms with Gasteiger partial charge in [-0.15, -0.1) is 0 Å². The second-order valence-electron chi connectivity index (χ2n) is 4.38. The third kappa shape index (κ3) is 2.69. The number of aryl methyl sites for hydroxylation is 1. The number of benzene rings is 2. The molecule has 0 atom stereocenters. The molecule has 19 heavy (non-hydrogen) atoms. The van der Waals surface area contributed by atoms with Crippen molar-refractivity contribution in [2.75, 3.05) is 11.4 Å². The van der Waals surface area contributed by atoms with E-state index in [1.54, 1.807) is 12.1 Å². The van der Waals surface area contributed by atoms with E-state index >= 15 is 0 Å². The van der Waals surface area contributed by atoms with E-state index in [0.29, 0.717) is 5.56 Å². The molecule has 2 aromatic rings. The number of nitriles is 1. The van der Waals surface area contributed by atoms with Crippen LogP contribution in [0.15, 0.2) is 42.5 Å². The topological polar surface area (TPSA) is 47.3 Å². The minimum absolute atomic E-state index is 0.251. The fourth-order valence-corrected chi connectivity index (χ4v) is 2.12. The highest BCUT2D eigenvalue weighted by Gasteiger charge is 2.09. The van der Waals surface area contributed by atoms with Crippen molar-refractivity contribution in [2.24, 2.45) is 0 Å². The molecule has 3 heteroatoms. The number of hydrogen-bond acceptors (Lipinski definition) is 3. The predicted octanol–water partition coefficient (Wildman–Crippen LogP) is 3.73. The number of aromatic hydroxyl groups is 1. The van der Waals surface area contributed by atoms with E-state index in [-0.39, 0.29) is 5.75 Å². The van der Waals surface area contributed by atoms with E-state index in [9.17, 15) is 5.11 Å². The summed E-state index contributed by atoms with van der Waals surface area (Å²) in [5.74, 6) is 0.251. The average molecular weight is 252 g/mol. The summed E-state index contributed by atoms with van der Waals surface area (Å²) < 4.78 is 0. The number of anilines is 2. The number of rotatable bonds is 3. The first-order valence-corrected chi connectivity index (χ1v) is 6.23. The summed E-state index contributed by atoms with van der Waals surface area (Å²) in [5, 5.41) is 18.5. The lowest BCUT2D eigenvalue weighted by Crippen LogP contribution is -2.16. The highest BCUT2D eigenvalue weighted by atomic mass is 16.3. The van der Waals surface area contributed by atoms with Gasteiger partial charge in [0.15, 0.2) is 0 Å². The molecule has 0 heterocycles. The smallest absolute Gasteiger partial charge is 0.117 e. The number of hydrogen-bond donors (Lipinski definition) is 1. The first kappa shape index (κ1) is 13.0. The van der Waals surface area contributed by atoms with Crippen LogP contribution in [0.1, 0.15) is 18.1 Å². The van der Waals surface area contributed by atoms with E-state index in [0.717, 1.165) is 23.5 Å². The third-order valence-corrected chi connectivity index (χ3v) is 3.10. The van der Waals surface area contributed by atoms with Gasteiger partial charge in [0.2, 0.25) is 0 Å². The largest absolute Gasteiger partial charge is 0.508 e. The van der Waals surface area contributed by atoms with E-state index in [1.807, 2.05) is 37.3 Å². The minimum Gasteiger partial charge on any atom is -0.508 e. The van der Waals surface area contributed by atoms with Crippen LogP contribution in [0.2, 0.25) is 0 Å². The minimum atomic E-state index is 0.251. The Hall–Kier alpha value is -2.47. The summed E-state index contributed by atoms with van der Waals surface area (Å²) in [6.45, 7) is 4.77. The predicted molar refractivity (Wildman–Crippen MR) is 76.7 cm³/mol. The SMILES string of the molecule is CCN(c1cccc(O)c1)c1ccc(C#N)c(C)c1. The second kappa shape index (κ2) is 5.45. The Balaban J connectivity index is 2.43. The molecule has 0 amide bonds. The molecule has 0 radical (unpaired) electrons. The van der Waals surface area contributed by atoms with Crippen molar-refractivity contribution in [3.8, 4) is 11.8 Å². The fraction of sp³-hybridized carbons (Fsp3) is 0.188. The Labute approximate surface area is 113 Å². The maximum Gasteiger partial charge on any atom is 0.117 e. The molecular formula is C16H16N2O. The van der Waals surface area contributed by atoms with Gasteiger partial charge in [-0.05, 0) is 49.7 Å². The number of phenolic OH excluding ortho intramolecular Hbond substituents is 1. The zero-order valence-corrected chi connectivity index (χ0v) is 11.1. The molecule has 0 aliphatic rings. The van der Waals surface area contributed by atoms with Crippen LogP contribution in [0.5, 0.6) is 5.75 Å². The third-order valence-electron chi connectivity index (χ3n) is 3.10. The Morgan fingerprint density at radius 1 is 1.16 bits per heavy atom.